The first kappa shape index (κ1) is 15.5. The van der Waals surface area contributed by atoms with Crippen LogP contribution < -0.4 is 5.32 Å². The van der Waals surface area contributed by atoms with E-state index < -0.39 is 0 Å². The first-order chi connectivity index (χ1) is 13.4. The van der Waals surface area contributed by atoms with Gasteiger partial charge in [0.1, 0.15) is 17.4 Å². The number of pyridine rings is 1. The van der Waals surface area contributed by atoms with Crippen LogP contribution in [0.1, 0.15) is 17.3 Å². The second-order valence-corrected chi connectivity index (χ2v) is 6.24. The summed E-state index contributed by atoms with van der Waals surface area (Å²) in [7, 11) is 0. The van der Waals surface area contributed by atoms with Crippen LogP contribution in [0.3, 0.4) is 0 Å². The minimum Gasteiger partial charge on any atom is -0.450 e. The molecule has 27 heavy (non-hydrogen) atoms. The molecule has 0 aliphatic carbocycles. The van der Waals surface area contributed by atoms with Gasteiger partial charge in [-0.2, -0.15) is 0 Å². The summed E-state index contributed by atoms with van der Waals surface area (Å²) in [5.74, 6) is 0.649. The van der Waals surface area contributed by atoms with Gasteiger partial charge in [0.25, 0.3) is 0 Å². The van der Waals surface area contributed by atoms with Crippen LogP contribution in [0, 0.1) is 0 Å². The van der Waals surface area contributed by atoms with Crippen LogP contribution in [0.5, 0.6) is 0 Å². The molecule has 0 aliphatic heterocycles. The minimum atomic E-state index is -0.154. The van der Waals surface area contributed by atoms with Crippen LogP contribution in [0.15, 0.2) is 89.7 Å². The van der Waals surface area contributed by atoms with Crippen LogP contribution >= 0.6 is 0 Å². The fraction of sp³-hybridized carbons (Fsp3) is 0.0455. The molecule has 0 radical (unpaired) electrons. The van der Waals surface area contributed by atoms with Crippen LogP contribution in [0.2, 0.25) is 0 Å². The summed E-state index contributed by atoms with van der Waals surface area (Å²) in [4.78, 5) is 13.4. The van der Waals surface area contributed by atoms with Crippen molar-refractivity contribution in [2.75, 3.05) is 5.32 Å². The Kier molecular flexibility index (Phi) is 3.76. The fourth-order valence-corrected chi connectivity index (χ4v) is 3.28. The number of para-hydroxylation sites is 1. The van der Waals surface area contributed by atoms with Crippen molar-refractivity contribution in [3.8, 4) is 0 Å². The van der Waals surface area contributed by atoms with Gasteiger partial charge >= 0.3 is 0 Å². The monoisotopic (exact) mass is 352 g/mol. The number of rotatable bonds is 4. The molecule has 130 valence electrons. The maximum absolute atomic E-state index is 6.05. The van der Waals surface area contributed by atoms with Gasteiger partial charge in [-0.15, -0.1) is 0 Å². The van der Waals surface area contributed by atoms with E-state index in [1.165, 1.54) is 0 Å². The lowest BCUT2D eigenvalue weighted by Crippen LogP contribution is -2.14. The summed E-state index contributed by atoms with van der Waals surface area (Å²) in [6.45, 7) is 0. The molecule has 0 fully saturated rings. The Balaban J connectivity index is 1.65. The van der Waals surface area contributed by atoms with E-state index in [1.54, 1.807) is 12.5 Å². The van der Waals surface area contributed by atoms with Gasteiger partial charge < -0.3 is 9.73 Å². The predicted octanol–water partition coefficient (Wildman–Crippen LogP) is 4.97. The molecule has 0 saturated heterocycles. The van der Waals surface area contributed by atoms with Gasteiger partial charge in [0.05, 0.1) is 11.7 Å². The van der Waals surface area contributed by atoms with Crippen LogP contribution in [0.4, 0.5) is 5.82 Å². The number of aromatic nitrogens is 3. The van der Waals surface area contributed by atoms with E-state index in [9.17, 15) is 0 Å². The van der Waals surface area contributed by atoms with E-state index in [1.807, 2.05) is 60.7 Å². The fourth-order valence-electron chi connectivity index (χ4n) is 3.28. The van der Waals surface area contributed by atoms with Crippen molar-refractivity contribution in [3.63, 3.8) is 0 Å². The zero-order chi connectivity index (χ0) is 18.1. The third-order valence-electron chi connectivity index (χ3n) is 4.56. The summed E-state index contributed by atoms with van der Waals surface area (Å²) in [6.07, 6.45) is 3.36. The molecule has 3 aromatic heterocycles. The van der Waals surface area contributed by atoms with Crippen LogP contribution in [-0.4, -0.2) is 15.0 Å². The Morgan fingerprint density at radius 3 is 2.44 bits per heavy atom. The number of anilines is 1. The molecule has 1 atom stereocenters. The number of nitrogens with one attached hydrogen (secondary N) is 1. The molecule has 3 heterocycles. The largest absolute Gasteiger partial charge is 0.450 e. The summed E-state index contributed by atoms with van der Waals surface area (Å²) >= 11 is 0. The van der Waals surface area contributed by atoms with Gasteiger partial charge in [-0.25, -0.2) is 9.97 Å². The highest BCUT2D eigenvalue weighted by molar-refractivity contribution is 6.05. The zero-order valence-corrected chi connectivity index (χ0v) is 14.4. The molecule has 5 aromatic rings. The van der Waals surface area contributed by atoms with Crippen molar-refractivity contribution in [3.05, 3.63) is 96.6 Å². The minimum absolute atomic E-state index is 0.154. The number of fused-ring (bicyclic) bond motifs is 3. The topological polar surface area (TPSA) is 63.8 Å². The Labute approximate surface area is 155 Å². The predicted molar refractivity (Wildman–Crippen MR) is 105 cm³/mol. The van der Waals surface area contributed by atoms with Gasteiger partial charge in [0.2, 0.25) is 0 Å². The molecule has 5 rings (SSSR count). The third kappa shape index (κ3) is 2.79. The number of nitrogens with zero attached hydrogens (tertiary/aromatic N) is 3. The summed E-state index contributed by atoms with van der Waals surface area (Å²) in [5.41, 5.74) is 4.25. The van der Waals surface area contributed by atoms with Crippen molar-refractivity contribution < 1.29 is 4.42 Å². The van der Waals surface area contributed by atoms with Crippen molar-refractivity contribution in [1.82, 2.24) is 15.0 Å². The number of hydrogen-bond donors (Lipinski definition) is 1. The van der Waals surface area contributed by atoms with Gasteiger partial charge in [0.15, 0.2) is 11.4 Å². The van der Waals surface area contributed by atoms with E-state index >= 15 is 0 Å². The number of furan rings is 1. The van der Waals surface area contributed by atoms with Gasteiger partial charge in [-0.05, 0) is 29.8 Å². The molecule has 5 heteroatoms. The van der Waals surface area contributed by atoms with Crippen LogP contribution in [0.25, 0.3) is 22.1 Å². The normalized spacial score (nSPS) is 12.3. The molecule has 1 N–H and O–H groups in total. The Morgan fingerprint density at radius 1 is 0.778 bits per heavy atom. The molecule has 0 saturated carbocycles. The molecule has 5 nitrogen and oxygen atoms in total. The SMILES string of the molecule is c1ccc(C(Nc2ncnc3c2oc2ccccc23)c2ccccn2)cc1. The van der Waals surface area contributed by atoms with E-state index in [0.29, 0.717) is 11.4 Å². The van der Waals surface area contributed by atoms with E-state index in [4.69, 9.17) is 4.42 Å². The lowest BCUT2D eigenvalue weighted by molar-refractivity contribution is 0.665. The quantitative estimate of drug-likeness (QED) is 0.494. The van der Waals surface area contributed by atoms with Crippen LogP contribution in [-0.2, 0) is 0 Å². The van der Waals surface area contributed by atoms with E-state index in [2.05, 4.69) is 32.4 Å². The van der Waals surface area contributed by atoms with Crippen molar-refractivity contribution in [2.45, 2.75) is 6.04 Å². The smallest absolute Gasteiger partial charge is 0.196 e. The zero-order valence-electron chi connectivity index (χ0n) is 14.4. The average Bonchev–Trinajstić information content (AvgIpc) is 3.13. The molecule has 2 aromatic carbocycles. The first-order valence-electron chi connectivity index (χ1n) is 8.75. The van der Waals surface area contributed by atoms with E-state index in [0.717, 1.165) is 27.7 Å². The average molecular weight is 352 g/mol. The highest BCUT2D eigenvalue weighted by Crippen LogP contribution is 2.33. The van der Waals surface area contributed by atoms with Gasteiger partial charge in [0, 0.05) is 11.6 Å². The van der Waals surface area contributed by atoms with Crippen molar-refractivity contribution in [2.24, 2.45) is 0 Å². The summed E-state index contributed by atoms with van der Waals surface area (Å²) in [6, 6.07) is 23.8. The third-order valence-corrected chi connectivity index (χ3v) is 4.56. The number of hydrogen-bond acceptors (Lipinski definition) is 5. The first-order valence-corrected chi connectivity index (χ1v) is 8.75. The van der Waals surface area contributed by atoms with Crippen molar-refractivity contribution in [1.29, 1.82) is 0 Å². The molecular formula is C22H16N4O. The van der Waals surface area contributed by atoms with Gasteiger partial charge in [-0.3, -0.25) is 4.98 Å². The second-order valence-electron chi connectivity index (χ2n) is 6.24. The van der Waals surface area contributed by atoms with Crippen molar-refractivity contribution >= 4 is 27.9 Å². The Morgan fingerprint density at radius 2 is 1.59 bits per heavy atom. The Hall–Kier alpha value is -3.73. The standard InChI is InChI=1S/C22H16N4O/c1-2-8-15(9-3-1)19(17-11-6-7-13-23-17)26-22-21-20(24-14-25-22)16-10-4-5-12-18(16)27-21/h1-14,19H,(H,24,25,26). The summed E-state index contributed by atoms with van der Waals surface area (Å²) in [5, 5.41) is 4.49. The lowest BCUT2D eigenvalue weighted by atomic mass is 10.0. The maximum atomic E-state index is 6.05. The summed E-state index contributed by atoms with van der Waals surface area (Å²) < 4.78 is 6.05. The second kappa shape index (κ2) is 6.53. The van der Waals surface area contributed by atoms with E-state index in [-0.39, 0.29) is 6.04 Å². The highest BCUT2D eigenvalue weighted by atomic mass is 16.3. The van der Waals surface area contributed by atoms with Gasteiger partial charge in [-0.1, -0.05) is 48.5 Å². The maximum Gasteiger partial charge on any atom is 0.196 e. The highest BCUT2D eigenvalue weighted by Gasteiger charge is 2.19. The molecule has 0 aliphatic rings. The number of benzene rings is 2. The molecule has 0 bridgehead atoms. The molecule has 0 spiro atoms. The molecule has 1 unspecified atom stereocenters. The Bertz CT molecular complexity index is 1160. The molecular weight excluding hydrogens is 336 g/mol. The molecule has 0 amide bonds. The lowest BCUT2D eigenvalue weighted by Gasteiger charge is -2.19.